The minimum Gasteiger partial charge on any atom is -0.390 e. The SMILES string of the molecule is CCC(=O)N(Cc1ccccc1Cl)C[C@@H]1CC(c2ccc(F)cc2)=NO1. The van der Waals surface area contributed by atoms with Crippen LogP contribution in [0.25, 0.3) is 0 Å². The van der Waals surface area contributed by atoms with E-state index in [1.807, 2.05) is 31.2 Å². The Hall–Kier alpha value is -2.40. The summed E-state index contributed by atoms with van der Waals surface area (Å²) in [5.74, 6) is -0.256. The Bertz CT molecular complexity index is 808. The standard InChI is InChI=1S/C20H20ClFN2O2/c1-2-20(25)24(12-15-5-3-4-6-18(15)21)13-17-11-19(23-26-17)14-7-9-16(22)10-8-14/h3-10,17H,2,11-13H2,1H3/t17-/m0/s1. The van der Waals surface area contributed by atoms with E-state index >= 15 is 0 Å². The molecule has 0 bridgehead atoms. The Morgan fingerprint density at radius 3 is 2.69 bits per heavy atom. The Labute approximate surface area is 157 Å². The predicted octanol–water partition coefficient (Wildman–Crippen LogP) is 4.41. The zero-order valence-corrected chi connectivity index (χ0v) is 15.2. The lowest BCUT2D eigenvalue weighted by molar-refractivity contribution is -0.133. The number of hydrogen-bond donors (Lipinski definition) is 0. The van der Waals surface area contributed by atoms with Crippen molar-refractivity contribution in [3.8, 4) is 0 Å². The second-order valence-corrected chi connectivity index (χ2v) is 6.60. The summed E-state index contributed by atoms with van der Waals surface area (Å²) < 4.78 is 13.1. The molecule has 2 aromatic rings. The summed E-state index contributed by atoms with van der Waals surface area (Å²) in [7, 11) is 0. The van der Waals surface area contributed by atoms with Crippen molar-refractivity contribution in [1.29, 1.82) is 0 Å². The Kier molecular flexibility index (Phi) is 5.89. The quantitative estimate of drug-likeness (QED) is 0.751. The van der Waals surface area contributed by atoms with Crippen LogP contribution < -0.4 is 0 Å². The zero-order chi connectivity index (χ0) is 18.5. The van der Waals surface area contributed by atoms with Gasteiger partial charge in [0.05, 0.1) is 12.3 Å². The van der Waals surface area contributed by atoms with Crippen LogP contribution in [0.2, 0.25) is 5.02 Å². The fraction of sp³-hybridized carbons (Fsp3) is 0.300. The molecule has 6 heteroatoms. The van der Waals surface area contributed by atoms with Crippen LogP contribution in [0.1, 0.15) is 30.9 Å². The van der Waals surface area contributed by atoms with Gasteiger partial charge in [-0.05, 0) is 29.3 Å². The van der Waals surface area contributed by atoms with Crippen LogP contribution in [-0.4, -0.2) is 29.2 Å². The van der Waals surface area contributed by atoms with E-state index < -0.39 is 0 Å². The molecule has 3 rings (SSSR count). The topological polar surface area (TPSA) is 41.9 Å². The molecule has 4 nitrogen and oxygen atoms in total. The predicted molar refractivity (Wildman–Crippen MR) is 99.6 cm³/mol. The zero-order valence-electron chi connectivity index (χ0n) is 14.5. The summed E-state index contributed by atoms with van der Waals surface area (Å²) in [5.41, 5.74) is 2.48. The van der Waals surface area contributed by atoms with Gasteiger partial charge in [0.2, 0.25) is 5.91 Å². The van der Waals surface area contributed by atoms with Crippen LogP contribution in [-0.2, 0) is 16.2 Å². The number of rotatable bonds is 6. The van der Waals surface area contributed by atoms with Crippen molar-refractivity contribution in [2.75, 3.05) is 6.54 Å². The molecule has 1 atom stereocenters. The van der Waals surface area contributed by atoms with E-state index in [1.165, 1.54) is 12.1 Å². The van der Waals surface area contributed by atoms with E-state index in [4.69, 9.17) is 16.4 Å². The van der Waals surface area contributed by atoms with Gasteiger partial charge in [-0.3, -0.25) is 4.79 Å². The Morgan fingerprint density at radius 1 is 1.27 bits per heavy atom. The maximum absolute atomic E-state index is 13.1. The van der Waals surface area contributed by atoms with Gasteiger partial charge in [0.1, 0.15) is 5.82 Å². The van der Waals surface area contributed by atoms with E-state index in [2.05, 4.69) is 5.16 Å². The van der Waals surface area contributed by atoms with Crippen LogP contribution in [0.15, 0.2) is 53.7 Å². The monoisotopic (exact) mass is 374 g/mol. The van der Waals surface area contributed by atoms with Gasteiger partial charge >= 0.3 is 0 Å². The van der Waals surface area contributed by atoms with Gasteiger partial charge in [0.15, 0.2) is 6.10 Å². The number of nitrogens with zero attached hydrogens (tertiary/aromatic N) is 2. The van der Waals surface area contributed by atoms with Gasteiger partial charge in [-0.1, -0.05) is 54.0 Å². The third-order valence-electron chi connectivity index (χ3n) is 4.31. The number of oxime groups is 1. The van der Waals surface area contributed by atoms with E-state index in [0.717, 1.165) is 16.8 Å². The molecule has 0 radical (unpaired) electrons. The molecule has 0 saturated heterocycles. The number of benzene rings is 2. The molecule has 0 aliphatic carbocycles. The molecule has 0 fully saturated rings. The fourth-order valence-electron chi connectivity index (χ4n) is 2.90. The van der Waals surface area contributed by atoms with Crippen LogP contribution >= 0.6 is 11.6 Å². The summed E-state index contributed by atoms with van der Waals surface area (Å²) in [4.78, 5) is 19.6. The maximum atomic E-state index is 13.1. The lowest BCUT2D eigenvalue weighted by atomic mass is 10.0. The van der Waals surface area contributed by atoms with Gasteiger partial charge in [0.25, 0.3) is 0 Å². The fourth-order valence-corrected chi connectivity index (χ4v) is 3.09. The van der Waals surface area contributed by atoms with Crippen molar-refractivity contribution in [3.05, 3.63) is 70.5 Å². The first-order chi connectivity index (χ1) is 12.6. The molecule has 136 valence electrons. The molecule has 1 aliphatic rings. The minimum absolute atomic E-state index is 0.0313. The van der Waals surface area contributed by atoms with E-state index in [-0.39, 0.29) is 17.8 Å². The molecular weight excluding hydrogens is 355 g/mol. The third-order valence-corrected chi connectivity index (χ3v) is 4.68. The highest BCUT2D eigenvalue weighted by molar-refractivity contribution is 6.31. The molecule has 0 aromatic heterocycles. The lowest BCUT2D eigenvalue weighted by Gasteiger charge is -2.25. The van der Waals surface area contributed by atoms with Crippen molar-refractivity contribution in [3.63, 3.8) is 0 Å². The van der Waals surface area contributed by atoms with Crippen LogP contribution in [0.3, 0.4) is 0 Å². The number of halogens is 2. The smallest absolute Gasteiger partial charge is 0.222 e. The average Bonchev–Trinajstić information content (AvgIpc) is 3.11. The summed E-state index contributed by atoms with van der Waals surface area (Å²) in [6.07, 6.45) is 0.748. The number of carbonyl (C=O) groups is 1. The van der Waals surface area contributed by atoms with E-state index in [1.54, 1.807) is 17.0 Å². The number of amides is 1. The van der Waals surface area contributed by atoms with Gasteiger partial charge in [-0.25, -0.2) is 4.39 Å². The van der Waals surface area contributed by atoms with Crippen molar-refractivity contribution in [2.24, 2.45) is 5.16 Å². The first-order valence-corrected chi connectivity index (χ1v) is 8.94. The molecule has 1 aliphatic heterocycles. The van der Waals surface area contributed by atoms with Crippen molar-refractivity contribution in [1.82, 2.24) is 4.90 Å². The summed E-state index contributed by atoms with van der Waals surface area (Å²) >= 11 is 6.23. The molecule has 0 unspecified atom stereocenters. The molecule has 0 saturated carbocycles. The molecule has 0 spiro atoms. The van der Waals surface area contributed by atoms with Gasteiger partial charge in [-0.15, -0.1) is 0 Å². The molecule has 1 heterocycles. The maximum Gasteiger partial charge on any atom is 0.222 e. The Morgan fingerprint density at radius 2 is 2.00 bits per heavy atom. The molecule has 0 N–H and O–H groups in total. The van der Waals surface area contributed by atoms with Crippen LogP contribution in [0, 0.1) is 5.82 Å². The first-order valence-electron chi connectivity index (χ1n) is 8.56. The largest absolute Gasteiger partial charge is 0.390 e. The van der Waals surface area contributed by atoms with Gasteiger partial charge < -0.3 is 9.74 Å². The van der Waals surface area contributed by atoms with Crippen LogP contribution in [0.5, 0.6) is 0 Å². The molecule has 2 aromatic carbocycles. The van der Waals surface area contributed by atoms with Gasteiger partial charge in [-0.2, -0.15) is 0 Å². The third kappa shape index (κ3) is 4.41. The summed E-state index contributed by atoms with van der Waals surface area (Å²) in [5, 5.41) is 4.75. The second kappa shape index (κ2) is 8.32. The summed E-state index contributed by atoms with van der Waals surface area (Å²) in [6.45, 7) is 2.68. The lowest BCUT2D eigenvalue weighted by Crippen LogP contribution is -2.37. The highest BCUT2D eigenvalue weighted by Crippen LogP contribution is 2.21. The minimum atomic E-state index is -0.288. The van der Waals surface area contributed by atoms with Crippen LogP contribution in [0.4, 0.5) is 4.39 Å². The molecule has 1 amide bonds. The highest BCUT2D eigenvalue weighted by Gasteiger charge is 2.26. The molecule has 26 heavy (non-hydrogen) atoms. The Balaban J connectivity index is 1.66. The summed E-state index contributed by atoms with van der Waals surface area (Å²) in [6, 6.07) is 13.6. The molecular formula is C20H20ClFN2O2. The van der Waals surface area contributed by atoms with E-state index in [9.17, 15) is 9.18 Å². The number of carbonyl (C=O) groups excluding carboxylic acids is 1. The van der Waals surface area contributed by atoms with Crippen molar-refractivity contribution in [2.45, 2.75) is 32.4 Å². The normalized spacial score (nSPS) is 16.1. The first kappa shape index (κ1) is 18.4. The average molecular weight is 375 g/mol. The van der Waals surface area contributed by atoms with Crippen molar-refractivity contribution < 1.29 is 14.0 Å². The van der Waals surface area contributed by atoms with Gasteiger partial charge in [0, 0.05) is 24.4 Å². The van der Waals surface area contributed by atoms with Crippen molar-refractivity contribution >= 4 is 23.2 Å². The number of hydrogen-bond acceptors (Lipinski definition) is 3. The van der Waals surface area contributed by atoms with E-state index in [0.29, 0.717) is 31.0 Å². The highest BCUT2D eigenvalue weighted by atomic mass is 35.5. The second-order valence-electron chi connectivity index (χ2n) is 6.20.